The van der Waals surface area contributed by atoms with Gasteiger partial charge in [-0.05, 0) is 35.9 Å². The van der Waals surface area contributed by atoms with E-state index in [2.05, 4.69) is 4.98 Å². The maximum Gasteiger partial charge on any atom is 0.295 e. The van der Waals surface area contributed by atoms with Gasteiger partial charge in [-0.25, -0.2) is 0 Å². The molecule has 1 fully saturated rings. The van der Waals surface area contributed by atoms with Crippen LogP contribution in [-0.2, 0) is 16.1 Å². The fraction of sp³-hybridized carbons (Fsp3) is 0.192. The Labute approximate surface area is 196 Å². The fourth-order valence-electron chi connectivity index (χ4n) is 4.29. The summed E-state index contributed by atoms with van der Waals surface area (Å²) in [6, 6.07) is 14.8. The molecule has 0 aliphatic carbocycles. The van der Waals surface area contributed by atoms with Gasteiger partial charge in [-0.1, -0.05) is 24.3 Å². The smallest absolute Gasteiger partial charge is 0.295 e. The number of aliphatic hydroxyl groups is 1. The number of carbonyl (C=O) groups excluding carboxylic acids is 2. The molecular formula is C26H22N2O6. The molecule has 1 atom stereocenters. The number of pyridine rings is 1. The summed E-state index contributed by atoms with van der Waals surface area (Å²) < 4.78 is 16.7. The summed E-state index contributed by atoms with van der Waals surface area (Å²) in [5.74, 6) is -0.251. The van der Waals surface area contributed by atoms with Gasteiger partial charge in [-0.3, -0.25) is 14.6 Å². The average Bonchev–Trinajstić information content (AvgIpc) is 3.13. The van der Waals surface area contributed by atoms with Crippen LogP contribution in [0.3, 0.4) is 0 Å². The lowest BCUT2D eigenvalue weighted by atomic mass is 9.94. The molecule has 1 aromatic heterocycles. The highest BCUT2D eigenvalue weighted by Crippen LogP contribution is 2.44. The van der Waals surface area contributed by atoms with E-state index in [0.717, 1.165) is 5.56 Å². The van der Waals surface area contributed by atoms with Crippen LogP contribution < -0.4 is 14.2 Å². The Balaban J connectivity index is 1.66. The van der Waals surface area contributed by atoms with Crippen molar-refractivity contribution in [1.82, 2.24) is 9.88 Å². The lowest BCUT2D eigenvalue weighted by molar-refractivity contribution is -0.140. The highest BCUT2D eigenvalue weighted by atomic mass is 16.6. The number of carbonyl (C=O) groups is 2. The summed E-state index contributed by atoms with van der Waals surface area (Å²) in [6.07, 6.45) is 3.27. The Morgan fingerprint density at radius 2 is 1.88 bits per heavy atom. The first kappa shape index (κ1) is 21.5. The number of aromatic nitrogens is 1. The third-order valence-electron chi connectivity index (χ3n) is 5.86. The van der Waals surface area contributed by atoms with Crippen LogP contribution in [0.1, 0.15) is 22.7 Å². The minimum absolute atomic E-state index is 0.0185. The van der Waals surface area contributed by atoms with E-state index < -0.39 is 17.7 Å². The normalized spacial score (nSPS) is 18.7. The zero-order valence-electron chi connectivity index (χ0n) is 18.4. The largest absolute Gasteiger partial charge is 0.507 e. The van der Waals surface area contributed by atoms with Gasteiger partial charge in [0.15, 0.2) is 11.5 Å². The van der Waals surface area contributed by atoms with E-state index in [1.165, 1.54) is 12.0 Å². The summed E-state index contributed by atoms with van der Waals surface area (Å²) in [5.41, 5.74) is 1.68. The van der Waals surface area contributed by atoms with Gasteiger partial charge in [0.1, 0.15) is 24.7 Å². The van der Waals surface area contributed by atoms with Crippen molar-refractivity contribution in [3.63, 3.8) is 0 Å². The molecule has 3 aromatic rings. The summed E-state index contributed by atoms with van der Waals surface area (Å²) in [6.45, 7) is 0.957. The topological polar surface area (TPSA) is 98.2 Å². The van der Waals surface area contributed by atoms with Crippen molar-refractivity contribution in [3.8, 4) is 17.2 Å². The Morgan fingerprint density at radius 3 is 2.65 bits per heavy atom. The van der Waals surface area contributed by atoms with Crippen molar-refractivity contribution in [2.45, 2.75) is 12.6 Å². The number of likely N-dealkylation sites (tertiary alicyclic amines) is 1. The SMILES string of the molecule is COc1ccccc1[C@@H]1C(=C(O)c2ccc3c(c2)OCCO3)C(=O)C(=O)N1Cc1cccnc1. The Kier molecular flexibility index (Phi) is 5.63. The fourth-order valence-corrected chi connectivity index (χ4v) is 4.29. The molecule has 5 rings (SSSR count). The van der Waals surface area contributed by atoms with Gasteiger partial charge in [0.05, 0.1) is 18.7 Å². The van der Waals surface area contributed by atoms with E-state index in [-0.39, 0.29) is 17.9 Å². The van der Waals surface area contributed by atoms with Gasteiger partial charge in [-0.15, -0.1) is 0 Å². The molecule has 0 saturated carbocycles. The zero-order valence-corrected chi connectivity index (χ0v) is 18.4. The van der Waals surface area contributed by atoms with Crippen LogP contribution in [0.4, 0.5) is 0 Å². The van der Waals surface area contributed by atoms with Crippen molar-refractivity contribution < 1.29 is 28.9 Å². The number of aliphatic hydroxyl groups excluding tert-OH is 1. The molecule has 1 amide bonds. The summed E-state index contributed by atoms with van der Waals surface area (Å²) >= 11 is 0. The van der Waals surface area contributed by atoms with Crippen LogP contribution in [0.2, 0.25) is 0 Å². The minimum atomic E-state index is -0.857. The third-order valence-corrected chi connectivity index (χ3v) is 5.86. The monoisotopic (exact) mass is 458 g/mol. The van der Waals surface area contributed by atoms with E-state index in [4.69, 9.17) is 14.2 Å². The van der Waals surface area contributed by atoms with Crippen molar-refractivity contribution in [1.29, 1.82) is 0 Å². The number of amides is 1. The Morgan fingerprint density at radius 1 is 1.09 bits per heavy atom. The molecular weight excluding hydrogens is 436 g/mol. The Hall–Kier alpha value is -4.33. The molecule has 0 radical (unpaired) electrons. The molecule has 2 aromatic carbocycles. The van der Waals surface area contributed by atoms with Crippen molar-refractivity contribution in [2.24, 2.45) is 0 Å². The maximum absolute atomic E-state index is 13.3. The van der Waals surface area contributed by atoms with Crippen molar-refractivity contribution in [2.75, 3.05) is 20.3 Å². The average molecular weight is 458 g/mol. The number of methoxy groups -OCH3 is 1. The highest BCUT2D eigenvalue weighted by molar-refractivity contribution is 6.46. The number of hydrogen-bond acceptors (Lipinski definition) is 7. The molecule has 3 heterocycles. The molecule has 1 N–H and O–H groups in total. The molecule has 0 spiro atoms. The molecule has 8 nitrogen and oxygen atoms in total. The number of ether oxygens (including phenoxy) is 3. The standard InChI is InChI=1S/C26H22N2O6/c1-32-19-7-3-2-6-18(19)23-22(24(29)17-8-9-20-21(13-17)34-12-11-33-20)25(30)26(31)28(23)15-16-5-4-10-27-14-16/h2-10,13-14,23,29H,11-12,15H2,1H3/t23-/m1/s1. The van der Waals surface area contributed by atoms with Gasteiger partial charge in [0, 0.05) is 30.1 Å². The van der Waals surface area contributed by atoms with Gasteiger partial charge < -0.3 is 24.2 Å². The summed E-state index contributed by atoms with van der Waals surface area (Å²) in [5, 5.41) is 11.3. The number of Topliss-reactive ketones (excluding diaryl/α,β-unsaturated/α-hetero) is 1. The number of fused-ring (bicyclic) bond motifs is 1. The predicted octanol–water partition coefficient (Wildman–Crippen LogP) is 3.48. The third kappa shape index (κ3) is 3.73. The number of rotatable bonds is 5. The molecule has 0 unspecified atom stereocenters. The van der Waals surface area contributed by atoms with E-state index >= 15 is 0 Å². The first-order valence-electron chi connectivity index (χ1n) is 10.8. The van der Waals surface area contributed by atoms with Crippen LogP contribution in [0.5, 0.6) is 17.2 Å². The summed E-state index contributed by atoms with van der Waals surface area (Å²) in [4.78, 5) is 32.0. The second kappa shape index (κ2) is 8.90. The van der Waals surface area contributed by atoms with Crippen molar-refractivity contribution in [3.05, 3.63) is 89.3 Å². The Bertz CT molecular complexity index is 1290. The molecule has 8 heteroatoms. The number of para-hydroxylation sites is 1. The van der Waals surface area contributed by atoms with Crippen LogP contribution in [0.25, 0.3) is 5.76 Å². The van der Waals surface area contributed by atoms with E-state index in [1.807, 2.05) is 6.07 Å². The molecule has 34 heavy (non-hydrogen) atoms. The quantitative estimate of drug-likeness (QED) is 0.355. The van der Waals surface area contributed by atoms with Crippen molar-refractivity contribution >= 4 is 17.4 Å². The maximum atomic E-state index is 13.3. The van der Waals surface area contributed by atoms with Gasteiger partial charge in [0.25, 0.3) is 11.7 Å². The summed E-state index contributed by atoms with van der Waals surface area (Å²) in [7, 11) is 1.52. The van der Waals surface area contributed by atoms with Crippen LogP contribution in [-0.4, -0.2) is 47.0 Å². The molecule has 2 aliphatic heterocycles. The van der Waals surface area contributed by atoms with E-state index in [0.29, 0.717) is 41.6 Å². The molecule has 1 saturated heterocycles. The predicted molar refractivity (Wildman–Crippen MR) is 123 cm³/mol. The molecule has 172 valence electrons. The molecule has 0 bridgehead atoms. The number of ketones is 1. The van der Waals surface area contributed by atoms with Gasteiger partial charge >= 0.3 is 0 Å². The number of benzene rings is 2. The first-order valence-corrected chi connectivity index (χ1v) is 10.8. The van der Waals surface area contributed by atoms with Crippen LogP contribution >= 0.6 is 0 Å². The number of hydrogen-bond donors (Lipinski definition) is 1. The van der Waals surface area contributed by atoms with Gasteiger partial charge in [0.2, 0.25) is 0 Å². The molecule has 2 aliphatic rings. The first-order chi connectivity index (χ1) is 16.6. The minimum Gasteiger partial charge on any atom is -0.507 e. The highest BCUT2D eigenvalue weighted by Gasteiger charge is 2.47. The lowest BCUT2D eigenvalue weighted by Crippen LogP contribution is -2.29. The van der Waals surface area contributed by atoms with Gasteiger partial charge in [-0.2, -0.15) is 0 Å². The van der Waals surface area contributed by atoms with Crippen LogP contribution in [0.15, 0.2) is 72.6 Å². The second-order valence-corrected chi connectivity index (χ2v) is 7.89. The van der Waals surface area contributed by atoms with E-state index in [9.17, 15) is 14.7 Å². The number of nitrogens with zero attached hydrogens (tertiary/aromatic N) is 2. The van der Waals surface area contributed by atoms with Crippen LogP contribution in [0, 0.1) is 0 Å². The van der Waals surface area contributed by atoms with E-state index in [1.54, 1.807) is 60.9 Å². The zero-order chi connectivity index (χ0) is 23.7. The second-order valence-electron chi connectivity index (χ2n) is 7.89. The lowest BCUT2D eigenvalue weighted by Gasteiger charge is -2.26.